The minimum Gasteiger partial charge on any atom is -0.493 e. The summed E-state index contributed by atoms with van der Waals surface area (Å²) in [5, 5.41) is 0. The highest BCUT2D eigenvalue weighted by Crippen LogP contribution is 2.31. The first kappa shape index (κ1) is 22.8. The van der Waals surface area contributed by atoms with Gasteiger partial charge in [-0.25, -0.2) is 8.42 Å². The van der Waals surface area contributed by atoms with Crippen LogP contribution in [0.5, 0.6) is 11.5 Å². The van der Waals surface area contributed by atoms with E-state index in [-0.39, 0.29) is 4.90 Å². The summed E-state index contributed by atoms with van der Waals surface area (Å²) < 4.78 is 62.7. The molecule has 1 aliphatic rings. The first-order valence-corrected chi connectivity index (χ1v) is 11.6. The lowest BCUT2D eigenvalue weighted by molar-refractivity contribution is 0.181. The molecule has 1 saturated heterocycles. The number of piperazine rings is 1. The molecule has 0 spiro atoms. The number of halogens is 2. The molecule has 0 radical (unpaired) electrons. The van der Waals surface area contributed by atoms with Crippen LogP contribution < -0.4 is 9.47 Å². The van der Waals surface area contributed by atoms with Gasteiger partial charge in [0.2, 0.25) is 10.0 Å². The molecular weight excluding hydrogens is 434 g/mol. The molecule has 0 N–H and O–H groups in total. The van der Waals surface area contributed by atoms with Crippen LogP contribution in [-0.4, -0.2) is 63.8 Å². The Bertz CT molecular complexity index is 948. The predicted octanol–water partition coefficient (Wildman–Crippen LogP) is 3.53. The molecule has 1 aliphatic heterocycles. The van der Waals surface area contributed by atoms with E-state index in [1.807, 2.05) is 12.1 Å². The Morgan fingerprint density at radius 1 is 0.967 bits per heavy atom. The van der Waals surface area contributed by atoms with E-state index >= 15 is 0 Å². The Morgan fingerprint density at radius 3 is 2.17 bits per heavy atom. The van der Waals surface area contributed by atoms with Gasteiger partial charge in [0.25, 0.3) is 5.76 Å². The molecule has 3 rings (SSSR count). The summed E-state index contributed by atoms with van der Waals surface area (Å²) >= 11 is 0.522. The van der Waals surface area contributed by atoms with Crippen molar-refractivity contribution >= 4 is 21.8 Å². The predicted molar refractivity (Wildman–Crippen MR) is 112 cm³/mol. The van der Waals surface area contributed by atoms with Gasteiger partial charge in [-0.2, -0.15) is 13.1 Å². The highest BCUT2D eigenvalue weighted by Gasteiger charge is 2.29. The molecule has 1 fully saturated rings. The molecular formula is C20H24F2N2O4S2. The number of hydrogen-bond donors (Lipinski definition) is 0. The van der Waals surface area contributed by atoms with Crippen LogP contribution in [-0.2, 0) is 16.6 Å². The van der Waals surface area contributed by atoms with Crippen molar-refractivity contribution in [3.05, 3.63) is 48.0 Å². The third-order valence-electron chi connectivity index (χ3n) is 4.88. The summed E-state index contributed by atoms with van der Waals surface area (Å²) in [5.74, 6) is -1.60. The molecule has 2 aromatic rings. The first-order chi connectivity index (χ1) is 14.3. The van der Waals surface area contributed by atoms with Gasteiger partial charge in [0.1, 0.15) is 0 Å². The second-order valence-corrected chi connectivity index (χ2v) is 9.72. The van der Waals surface area contributed by atoms with E-state index < -0.39 is 15.8 Å². The molecule has 0 atom stereocenters. The summed E-state index contributed by atoms with van der Waals surface area (Å²) in [6.07, 6.45) is 0. The summed E-state index contributed by atoms with van der Waals surface area (Å²) in [6, 6.07) is 11.6. The van der Waals surface area contributed by atoms with Crippen LogP contribution in [0.15, 0.2) is 52.3 Å². The Labute approximate surface area is 179 Å². The van der Waals surface area contributed by atoms with E-state index in [1.165, 1.54) is 30.7 Å². The SMILES string of the molecule is COc1ccc(S(=O)(=O)N2CCN(Cc3ccc(SC(F)F)cc3)CC2)cc1OC. The Hall–Kier alpha value is -1.88. The Balaban J connectivity index is 1.60. The van der Waals surface area contributed by atoms with Gasteiger partial charge in [0.05, 0.1) is 19.1 Å². The van der Waals surface area contributed by atoms with Crippen molar-refractivity contribution in [2.45, 2.75) is 22.1 Å². The minimum absolute atomic E-state index is 0.167. The molecule has 0 aliphatic carbocycles. The average molecular weight is 459 g/mol. The third kappa shape index (κ3) is 5.42. The summed E-state index contributed by atoms with van der Waals surface area (Å²) in [6.45, 7) is 2.55. The molecule has 0 aromatic heterocycles. The maximum absolute atomic E-state index is 13.0. The second-order valence-electron chi connectivity index (χ2n) is 6.72. The molecule has 6 nitrogen and oxygen atoms in total. The van der Waals surface area contributed by atoms with Gasteiger partial charge < -0.3 is 9.47 Å². The standard InChI is InChI=1S/C20H24F2N2O4S2/c1-27-18-8-7-17(13-19(18)28-2)30(25,26)24-11-9-23(10-12-24)14-15-3-5-16(6-4-15)29-20(21)22/h3-8,13,20H,9-12,14H2,1-2H3. The summed E-state index contributed by atoms with van der Waals surface area (Å²) in [4.78, 5) is 2.84. The number of ether oxygens (including phenoxy) is 2. The number of methoxy groups -OCH3 is 2. The van der Waals surface area contributed by atoms with Crippen LogP contribution in [0.4, 0.5) is 8.78 Å². The number of alkyl halides is 2. The van der Waals surface area contributed by atoms with Crippen molar-refractivity contribution in [3.63, 3.8) is 0 Å². The van der Waals surface area contributed by atoms with Crippen molar-refractivity contribution in [1.29, 1.82) is 0 Å². The van der Waals surface area contributed by atoms with E-state index in [0.29, 0.717) is 60.9 Å². The maximum Gasteiger partial charge on any atom is 0.288 e. The lowest BCUT2D eigenvalue weighted by Gasteiger charge is -2.34. The van der Waals surface area contributed by atoms with E-state index in [0.717, 1.165) is 5.56 Å². The average Bonchev–Trinajstić information content (AvgIpc) is 2.74. The fourth-order valence-electron chi connectivity index (χ4n) is 3.29. The molecule has 0 amide bonds. The third-order valence-corrected chi connectivity index (χ3v) is 7.50. The van der Waals surface area contributed by atoms with Crippen molar-refractivity contribution in [2.75, 3.05) is 40.4 Å². The quantitative estimate of drug-likeness (QED) is 0.564. The molecule has 30 heavy (non-hydrogen) atoms. The van der Waals surface area contributed by atoms with Gasteiger partial charge in [0.15, 0.2) is 11.5 Å². The van der Waals surface area contributed by atoms with E-state index in [4.69, 9.17) is 9.47 Å². The zero-order chi connectivity index (χ0) is 21.7. The molecule has 0 bridgehead atoms. The monoisotopic (exact) mass is 458 g/mol. The summed E-state index contributed by atoms with van der Waals surface area (Å²) in [7, 11) is -0.675. The Kier molecular flexibility index (Phi) is 7.56. The smallest absolute Gasteiger partial charge is 0.288 e. The highest BCUT2D eigenvalue weighted by atomic mass is 32.2. The minimum atomic E-state index is -3.64. The number of thioether (sulfide) groups is 1. The van der Waals surface area contributed by atoms with Gasteiger partial charge in [0, 0.05) is 43.7 Å². The van der Waals surface area contributed by atoms with Crippen LogP contribution in [0.25, 0.3) is 0 Å². The molecule has 1 heterocycles. The first-order valence-electron chi connectivity index (χ1n) is 9.32. The van der Waals surface area contributed by atoms with Crippen molar-refractivity contribution in [3.8, 4) is 11.5 Å². The fraction of sp³-hybridized carbons (Fsp3) is 0.400. The molecule has 10 heteroatoms. The van der Waals surface area contributed by atoms with Crippen molar-refractivity contribution in [2.24, 2.45) is 0 Å². The van der Waals surface area contributed by atoms with Crippen LogP contribution in [0, 0.1) is 0 Å². The van der Waals surface area contributed by atoms with Gasteiger partial charge in [-0.1, -0.05) is 23.9 Å². The molecule has 0 saturated carbocycles. The number of rotatable bonds is 8. The van der Waals surface area contributed by atoms with Gasteiger partial charge in [-0.05, 0) is 29.8 Å². The van der Waals surface area contributed by atoms with Gasteiger partial charge >= 0.3 is 0 Å². The van der Waals surface area contributed by atoms with Crippen molar-refractivity contribution < 1.29 is 26.7 Å². The molecule has 164 valence electrons. The van der Waals surface area contributed by atoms with Crippen molar-refractivity contribution in [1.82, 2.24) is 9.21 Å². The van der Waals surface area contributed by atoms with E-state index in [1.54, 1.807) is 18.2 Å². The van der Waals surface area contributed by atoms with E-state index in [9.17, 15) is 17.2 Å². The number of nitrogens with zero attached hydrogens (tertiary/aromatic N) is 2. The van der Waals surface area contributed by atoms with Crippen LogP contribution in [0.3, 0.4) is 0 Å². The summed E-state index contributed by atoms with van der Waals surface area (Å²) in [5.41, 5.74) is 1.00. The van der Waals surface area contributed by atoms with Crippen LogP contribution in [0.2, 0.25) is 0 Å². The Morgan fingerprint density at radius 2 is 1.60 bits per heavy atom. The van der Waals surface area contributed by atoms with Gasteiger partial charge in [-0.3, -0.25) is 4.90 Å². The zero-order valence-electron chi connectivity index (χ0n) is 16.8. The number of hydrogen-bond acceptors (Lipinski definition) is 6. The fourth-order valence-corrected chi connectivity index (χ4v) is 5.23. The lowest BCUT2D eigenvalue weighted by atomic mass is 10.2. The number of benzene rings is 2. The second kappa shape index (κ2) is 9.95. The lowest BCUT2D eigenvalue weighted by Crippen LogP contribution is -2.48. The van der Waals surface area contributed by atoms with E-state index in [2.05, 4.69) is 4.90 Å². The zero-order valence-corrected chi connectivity index (χ0v) is 18.4. The highest BCUT2D eigenvalue weighted by molar-refractivity contribution is 7.99. The van der Waals surface area contributed by atoms with Crippen LogP contribution in [0.1, 0.15) is 5.56 Å². The van der Waals surface area contributed by atoms with Crippen LogP contribution >= 0.6 is 11.8 Å². The normalized spacial score (nSPS) is 16.0. The number of sulfonamides is 1. The van der Waals surface area contributed by atoms with Gasteiger partial charge in [-0.15, -0.1) is 0 Å². The molecule has 2 aromatic carbocycles. The molecule has 0 unspecified atom stereocenters. The largest absolute Gasteiger partial charge is 0.493 e. The maximum atomic E-state index is 13.0. The topological polar surface area (TPSA) is 59.1 Å².